The molecule has 3 rings (SSSR count). The fourth-order valence-electron chi connectivity index (χ4n) is 2.70. The molecule has 1 aliphatic rings. The summed E-state index contributed by atoms with van der Waals surface area (Å²) in [7, 11) is -4.03. The quantitative estimate of drug-likeness (QED) is 0.825. The predicted molar refractivity (Wildman–Crippen MR) is 93.6 cm³/mol. The third kappa shape index (κ3) is 3.94. The second-order valence-electron chi connectivity index (χ2n) is 5.70. The monoisotopic (exact) mass is 380 g/mol. The highest BCUT2D eigenvalue weighted by Gasteiger charge is 2.21. The maximum atomic E-state index is 13.3. The summed E-state index contributed by atoms with van der Waals surface area (Å²) < 4.78 is 45.6. The van der Waals surface area contributed by atoms with Crippen molar-refractivity contribution in [2.75, 3.05) is 35.9 Å². The van der Waals surface area contributed by atoms with Gasteiger partial charge in [0.25, 0.3) is 10.0 Å². The van der Waals surface area contributed by atoms with Crippen LogP contribution in [0.15, 0.2) is 47.4 Å². The molecule has 2 aromatic rings. The maximum absolute atomic E-state index is 13.3. The van der Waals surface area contributed by atoms with E-state index in [9.17, 15) is 22.7 Å². The van der Waals surface area contributed by atoms with Crippen molar-refractivity contribution in [1.82, 2.24) is 0 Å². The number of carbonyl (C=O) groups is 1. The number of benzene rings is 2. The van der Waals surface area contributed by atoms with E-state index in [1.165, 1.54) is 24.3 Å². The Morgan fingerprint density at radius 3 is 2.54 bits per heavy atom. The van der Waals surface area contributed by atoms with Gasteiger partial charge in [0.05, 0.1) is 29.4 Å². The number of sulfonamides is 1. The number of nitrogens with one attached hydrogen (secondary N) is 1. The van der Waals surface area contributed by atoms with E-state index in [1.54, 1.807) is 6.07 Å². The van der Waals surface area contributed by atoms with Gasteiger partial charge in [-0.05, 0) is 36.4 Å². The highest BCUT2D eigenvalue weighted by atomic mass is 32.2. The molecule has 1 saturated heterocycles. The zero-order valence-corrected chi connectivity index (χ0v) is 14.5. The minimum atomic E-state index is -4.03. The van der Waals surface area contributed by atoms with E-state index < -0.39 is 21.8 Å². The first kappa shape index (κ1) is 18.2. The van der Waals surface area contributed by atoms with Crippen LogP contribution < -0.4 is 9.62 Å². The van der Waals surface area contributed by atoms with Gasteiger partial charge in [0.15, 0.2) is 0 Å². The summed E-state index contributed by atoms with van der Waals surface area (Å²) in [5, 5.41) is 9.49. The van der Waals surface area contributed by atoms with Crippen molar-refractivity contribution < 1.29 is 27.4 Å². The van der Waals surface area contributed by atoms with Gasteiger partial charge in [-0.25, -0.2) is 17.6 Å². The summed E-state index contributed by atoms with van der Waals surface area (Å²) in [6.45, 7) is 2.09. The highest BCUT2D eigenvalue weighted by Crippen LogP contribution is 2.27. The SMILES string of the molecule is O=C(O)c1cc(NS(=O)(=O)c2cccc(F)c2)ccc1N1CCOCC1. The van der Waals surface area contributed by atoms with Crippen molar-refractivity contribution in [2.24, 2.45) is 0 Å². The van der Waals surface area contributed by atoms with Crippen molar-refractivity contribution in [1.29, 1.82) is 0 Å². The Morgan fingerprint density at radius 1 is 1.15 bits per heavy atom. The number of nitrogens with zero attached hydrogens (tertiary/aromatic N) is 1. The number of halogens is 1. The van der Waals surface area contributed by atoms with Crippen LogP contribution in [0.5, 0.6) is 0 Å². The Balaban J connectivity index is 1.91. The number of aromatic carboxylic acids is 1. The predicted octanol–water partition coefficient (Wildman–Crippen LogP) is 2.16. The molecule has 2 aromatic carbocycles. The minimum Gasteiger partial charge on any atom is -0.478 e. The maximum Gasteiger partial charge on any atom is 0.337 e. The molecule has 26 heavy (non-hydrogen) atoms. The molecule has 1 heterocycles. The van der Waals surface area contributed by atoms with Crippen molar-refractivity contribution in [3.05, 3.63) is 53.8 Å². The molecule has 0 unspecified atom stereocenters. The molecule has 0 atom stereocenters. The van der Waals surface area contributed by atoms with Crippen LogP contribution in [0.2, 0.25) is 0 Å². The van der Waals surface area contributed by atoms with Crippen LogP contribution in [0, 0.1) is 5.82 Å². The Morgan fingerprint density at radius 2 is 1.88 bits per heavy atom. The van der Waals surface area contributed by atoms with Gasteiger partial charge in [-0.15, -0.1) is 0 Å². The molecule has 7 nitrogen and oxygen atoms in total. The Labute approximate surface area is 150 Å². The standard InChI is InChI=1S/C17H17FN2O5S/c18-12-2-1-3-14(10-12)26(23,24)19-13-4-5-16(15(11-13)17(21)22)20-6-8-25-9-7-20/h1-5,10-11,19H,6-9H2,(H,21,22). The summed E-state index contributed by atoms with van der Waals surface area (Å²) in [6.07, 6.45) is 0. The number of ether oxygens (including phenoxy) is 1. The largest absolute Gasteiger partial charge is 0.478 e. The smallest absolute Gasteiger partial charge is 0.337 e. The molecule has 0 aliphatic carbocycles. The van der Waals surface area contributed by atoms with Gasteiger partial charge >= 0.3 is 5.97 Å². The van der Waals surface area contributed by atoms with E-state index in [0.717, 1.165) is 12.1 Å². The molecule has 9 heteroatoms. The van der Waals surface area contributed by atoms with E-state index in [4.69, 9.17) is 4.74 Å². The fraction of sp³-hybridized carbons (Fsp3) is 0.235. The first-order valence-electron chi connectivity index (χ1n) is 7.85. The third-order valence-electron chi connectivity index (χ3n) is 3.94. The van der Waals surface area contributed by atoms with Crippen LogP contribution in [-0.2, 0) is 14.8 Å². The number of rotatable bonds is 5. The van der Waals surface area contributed by atoms with E-state index >= 15 is 0 Å². The summed E-state index contributed by atoms with van der Waals surface area (Å²) >= 11 is 0. The molecule has 138 valence electrons. The lowest BCUT2D eigenvalue weighted by molar-refractivity contribution is 0.0696. The fourth-order valence-corrected chi connectivity index (χ4v) is 3.78. The molecule has 0 saturated carbocycles. The van der Waals surface area contributed by atoms with Crippen LogP contribution in [0.3, 0.4) is 0 Å². The van der Waals surface area contributed by atoms with E-state index in [-0.39, 0.29) is 16.1 Å². The van der Waals surface area contributed by atoms with Crippen LogP contribution in [0.25, 0.3) is 0 Å². The number of hydrogen-bond donors (Lipinski definition) is 2. The van der Waals surface area contributed by atoms with Crippen molar-refractivity contribution in [2.45, 2.75) is 4.90 Å². The summed E-state index contributed by atoms with van der Waals surface area (Å²) in [5.41, 5.74) is 0.560. The Hall–Kier alpha value is -2.65. The van der Waals surface area contributed by atoms with Gasteiger partial charge in [-0.3, -0.25) is 4.72 Å². The number of morpholine rings is 1. The normalized spacial score (nSPS) is 14.9. The first-order valence-corrected chi connectivity index (χ1v) is 9.33. The van der Waals surface area contributed by atoms with Gasteiger partial charge in [0.1, 0.15) is 5.82 Å². The number of carboxylic acids is 1. The molecule has 2 N–H and O–H groups in total. The average molecular weight is 380 g/mol. The topological polar surface area (TPSA) is 95.9 Å². The zero-order chi connectivity index (χ0) is 18.7. The van der Waals surface area contributed by atoms with Gasteiger partial charge in [0, 0.05) is 18.8 Å². The van der Waals surface area contributed by atoms with Crippen molar-refractivity contribution >= 4 is 27.4 Å². The lowest BCUT2D eigenvalue weighted by atomic mass is 10.1. The van der Waals surface area contributed by atoms with Crippen LogP contribution >= 0.6 is 0 Å². The summed E-state index contributed by atoms with van der Waals surface area (Å²) in [4.78, 5) is 13.2. The highest BCUT2D eigenvalue weighted by molar-refractivity contribution is 7.92. The molecular formula is C17H17FN2O5S. The van der Waals surface area contributed by atoms with Crippen LogP contribution in [-0.4, -0.2) is 45.8 Å². The molecule has 1 fully saturated rings. The van der Waals surface area contributed by atoms with E-state index in [0.29, 0.717) is 32.0 Å². The van der Waals surface area contributed by atoms with Gasteiger partial charge < -0.3 is 14.7 Å². The number of hydrogen-bond acceptors (Lipinski definition) is 5. The Bertz CT molecular complexity index is 927. The van der Waals surface area contributed by atoms with Crippen LogP contribution in [0.1, 0.15) is 10.4 Å². The number of carboxylic acid groups (broad SMARTS) is 1. The molecule has 0 radical (unpaired) electrons. The van der Waals surface area contributed by atoms with Crippen molar-refractivity contribution in [3.8, 4) is 0 Å². The second-order valence-corrected chi connectivity index (χ2v) is 7.38. The van der Waals surface area contributed by atoms with Gasteiger partial charge in [-0.1, -0.05) is 6.07 Å². The van der Waals surface area contributed by atoms with Gasteiger partial charge in [0.2, 0.25) is 0 Å². The zero-order valence-electron chi connectivity index (χ0n) is 13.7. The van der Waals surface area contributed by atoms with Crippen molar-refractivity contribution in [3.63, 3.8) is 0 Å². The molecule has 1 aliphatic heterocycles. The molecule has 0 bridgehead atoms. The molecule has 0 aromatic heterocycles. The first-order chi connectivity index (χ1) is 12.4. The van der Waals surface area contributed by atoms with Gasteiger partial charge in [-0.2, -0.15) is 0 Å². The lowest BCUT2D eigenvalue weighted by Gasteiger charge is -2.30. The van der Waals surface area contributed by atoms with E-state index in [1.807, 2.05) is 4.90 Å². The average Bonchev–Trinajstić information content (AvgIpc) is 2.62. The molecule has 0 spiro atoms. The summed E-state index contributed by atoms with van der Waals surface area (Å²) in [6, 6.07) is 8.86. The van der Waals surface area contributed by atoms with Crippen LogP contribution in [0.4, 0.5) is 15.8 Å². The lowest BCUT2D eigenvalue weighted by Crippen LogP contribution is -2.37. The molecular weight excluding hydrogens is 363 g/mol. The van der Waals surface area contributed by atoms with E-state index in [2.05, 4.69) is 4.72 Å². The Kier molecular flexibility index (Phi) is 5.10. The summed E-state index contributed by atoms with van der Waals surface area (Å²) in [5.74, 6) is -1.85. The minimum absolute atomic E-state index is 0.0219. The number of anilines is 2. The third-order valence-corrected chi connectivity index (χ3v) is 5.32. The second kappa shape index (κ2) is 7.30. The molecule has 0 amide bonds.